The molecule has 49 heavy (non-hydrogen) atoms. The predicted octanol–water partition coefficient (Wildman–Crippen LogP) is 11.3. The van der Waals surface area contributed by atoms with Gasteiger partial charge in [-0.15, -0.1) is 0 Å². The molecule has 0 radical (unpaired) electrons. The van der Waals surface area contributed by atoms with Crippen LogP contribution >= 0.6 is 0 Å². The summed E-state index contributed by atoms with van der Waals surface area (Å²) in [6, 6.07) is 63.4. The summed E-state index contributed by atoms with van der Waals surface area (Å²) >= 11 is 0. The Morgan fingerprint density at radius 1 is 0.327 bits per heavy atom. The number of para-hydroxylation sites is 1. The van der Waals surface area contributed by atoms with Crippen molar-refractivity contribution in [3.05, 3.63) is 182 Å². The van der Waals surface area contributed by atoms with Crippen LogP contribution in [-0.2, 0) is 0 Å². The maximum absolute atomic E-state index is 5.18. The van der Waals surface area contributed by atoms with E-state index in [1.165, 1.54) is 16.7 Å². The lowest BCUT2D eigenvalue weighted by molar-refractivity contribution is 0.953. The van der Waals surface area contributed by atoms with Crippen molar-refractivity contribution in [3.8, 4) is 62.1 Å². The number of hydrogen-bond acceptors (Lipinski definition) is 3. The Morgan fingerprint density at radius 3 is 1.43 bits per heavy atom. The first kappa shape index (κ1) is 28.6. The molecule has 2 aromatic heterocycles. The molecule has 0 amide bonds. The molecular formula is C45H30N4. The van der Waals surface area contributed by atoms with E-state index in [0.29, 0.717) is 17.6 Å². The molecule has 2 heterocycles. The highest BCUT2D eigenvalue weighted by molar-refractivity contribution is 6.17. The second-order valence-electron chi connectivity index (χ2n) is 12.1. The highest BCUT2D eigenvalue weighted by atomic mass is 15.2. The zero-order valence-electron chi connectivity index (χ0n) is 26.6. The fraction of sp³-hybridized carbons (Fsp3) is 0. The summed E-state index contributed by atoms with van der Waals surface area (Å²) in [6.07, 6.45) is 0. The number of fused-ring (bicyclic) bond motifs is 3. The van der Waals surface area contributed by atoms with Crippen LogP contribution in [0, 0.1) is 0 Å². The lowest BCUT2D eigenvalue weighted by Gasteiger charge is -2.15. The van der Waals surface area contributed by atoms with Crippen LogP contribution in [0.2, 0.25) is 0 Å². The van der Waals surface area contributed by atoms with Crippen LogP contribution in [0.15, 0.2) is 182 Å². The van der Waals surface area contributed by atoms with Gasteiger partial charge >= 0.3 is 0 Å². The van der Waals surface area contributed by atoms with Crippen molar-refractivity contribution < 1.29 is 0 Å². The van der Waals surface area contributed by atoms with E-state index in [1.807, 2.05) is 60.7 Å². The summed E-state index contributed by atoms with van der Waals surface area (Å²) in [5.41, 5.74) is 10.9. The molecule has 0 aliphatic heterocycles. The summed E-state index contributed by atoms with van der Waals surface area (Å²) in [7, 11) is 0. The Kier molecular flexibility index (Phi) is 7.10. The Hall–Kier alpha value is -6.65. The molecule has 9 rings (SSSR count). The third-order valence-electron chi connectivity index (χ3n) is 9.07. The first-order valence-corrected chi connectivity index (χ1v) is 16.5. The summed E-state index contributed by atoms with van der Waals surface area (Å²) in [5, 5.41) is 2.29. The smallest absolute Gasteiger partial charge is 0.238 e. The van der Waals surface area contributed by atoms with Gasteiger partial charge in [-0.2, -0.15) is 9.97 Å². The second kappa shape index (κ2) is 12.2. The summed E-state index contributed by atoms with van der Waals surface area (Å²) in [4.78, 5) is 15.3. The van der Waals surface area contributed by atoms with E-state index in [0.717, 1.165) is 49.6 Å². The van der Waals surface area contributed by atoms with E-state index in [1.54, 1.807) is 0 Å². The molecule has 0 saturated carbocycles. The van der Waals surface area contributed by atoms with E-state index < -0.39 is 0 Å². The van der Waals surface area contributed by atoms with Gasteiger partial charge < -0.3 is 0 Å². The molecule has 0 fully saturated rings. The van der Waals surface area contributed by atoms with Crippen molar-refractivity contribution in [1.82, 2.24) is 19.5 Å². The molecule has 9 aromatic rings. The van der Waals surface area contributed by atoms with Crippen LogP contribution < -0.4 is 0 Å². The van der Waals surface area contributed by atoms with Gasteiger partial charge in [0.15, 0.2) is 11.6 Å². The van der Waals surface area contributed by atoms with Gasteiger partial charge in [0.1, 0.15) is 0 Å². The topological polar surface area (TPSA) is 43.6 Å². The van der Waals surface area contributed by atoms with Crippen LogP contribution in [-0.4, -0.2) is 19.5 Å². The molecule has 0 atom stereocenters. The minimum absolute atomic E-state index is 0.575. The Labute approximate surface area is 284 Å². The zero-order chi connectivity index (χ0) is 32.6. The molecule has 7 aromatic carbocycles. The molecule has 0 bridgehead atoms. The molecule has 0 unspecified atom stereocenters. The Bertz CT molecular complexity index is 2520. The highest BCUT2D eigenvalue weighted by Gasteiger charge is 2.22. The van der Waals surface area contributed by atoms with Crippen LogP contribution in [0.25, 0.3) is 83.9 Å². The standard InChI is InChI=1S/C45H30N4/c1-5-17-31(18-6-1)35-29-39(37-26-14-13-25-36(37)32-19-7-2-8-20-32)42-38-27-15-16-28-40(38)49(41(42)30-35)45-47-43(33-21-9-3-10-22-33)46-44(48-45)34-23-11-4-12-24-34/h1-30H. The zero-order valence-corrected chi connectivity index (χ0v) is 26.6. The molecule has 0 saturated heterocycles. The van der Waals surface area contributed by atoms with Crippen molar-refractivity contribution in [3.63, 3.8) is 0 Å². The highest BCUT2D eigenvalue weighted by Crippen LogP contribution is 2.44. The Balaban J connectivity index is 1.41. The van der Waals surface area contributed by atoms with Crippen molar-refractivity contribution in [1.29, 1.82) is 0 Å². The van der Waals surface area contributed by atoms with Gasteiger partial charge in [-0.05, 0) is 51.6 Å². The minimum atomic E-state index is 0.575. The van der Waals surface area contributed by atoms with Gasteiger partial charge in [0.25, 0.3) is 0 Å². The molecule has 0 aliphatic carbocycles. The number of nitrogens with zero attached hydrogens (tertiary/aromatic N) is 4. The monoisotopic (exact) mass is 626 g/mol. The largest absolute Gasteiger partial charge is 0.278 e. The third-order valence-corrected chi connectivity index (χ3v) is 9.07. The molecule has 0 N–H and O–H groups in total. The Morgan fingerprint density at radius 2 is 0.816 bits per heavy atom. The first-order valence-electron chi connectivity index (χ1n) is 16.5. The van der Waals surface area contributed by atoms with Gasteiger partial charge in [0.05, 0.1) is 11.0 Å². The second-order valence-corrected chi connectivity index (χ2v) is 12.1. The lowest BCUT2D eigenvalue weighted by Crippen LogP contribution is -2.06. The molecule has 0 spiro atoms. The minimum Gasteiger partial charge on any atom is -0.278 e. The molecule has 0 aliphatic rings. The number of rotatable bonds is 6. The number of aromatic nitrogens is 4. The van der Waals surface area contributed by atoms with Crippen LogP contribution in [0.1, 0.15) is 0 Å². The summed E-state index contributed by atoms with van der Waals surface area (Å²) in [6.45, 7) is 0. The first-order chi connectivity index (χ1) is 24.3. The quantitative estimate of drug-likeness (QED) is 0.184. The SMILES string of the molecule is c1ccc(-c2cc(-c3ccccc3-c3ccccc3)c3c4ccccc4n(-c4nc(-c5ccccc5)nc(-c5ccccc5)n4)c3c2)cc1. The van der Waals surface area contributed by atoms with E-state index in [4.69, 9.17) is 15.0 Å². The number of hydrogen-bond donors (Lipinski definition) is 0. The van der Waals surface area contributed by atoms with E-state index in [2.05, 4.69) is 126 Å². The third kappa shape index (κ3) is 5.16. The molecule has 4 heteroatoms. The maximum atomic E-state index is 5.18. The average Bonchev–Trinajstić information content (AvgIpc) is 3.53. The van der Waals surface area contributed by atoms with Crippen LogP contribution in [0.3, 0.4) is 0 Å². The van der Waals surface area contributed by atoms with Crippen LogP contribution in [0.5, 0.6) is 0 Å². The normalized spacial score (nSPS) is 11.3. The van der Waals surface area contributed by atoms with Gasteiger partial charge in [0, 0.05) is 21.9 Å². The number of benzene rings is 7. The maximum Gasteiger partial charge on any atom is 0.238 e. The molecular weight excluding hydrogens is 597 g/mol. The summed E-state index contributed by atoms with van der Waals surface area (Å²) in [5.74, 6) is 1.83. The van der Waals surface area contributed by atoms with E-state index in [-0.39, 0.29) is 0 Å². The predicted molar refractivity (Wildman–Crippen MR) is 201 cm³/mol. The van der Waals surface area contributed by atoms with Gasteiger partial charge in [-0.3, -0.25) is 4.57 Å². The fourth-order valence-electron chi connectivity index (χ4n) is 6.81. The summed E-state index contributed by atoms with van der Waals surface area (Å²) < 4.78 is 2.21. The molecule has 230 valence electrons. The van der Waals surface area contributed by atoms with Gasteiger partial charge in [0.2, 0.25) is 5.95 Å². The van der Waals surface area contributed by atoms with Crippen molar-refractivity contribution in [2.75, 3.05) is 0 Å². The van der Waals surface area contributed by atoms with Crippen molar-refractivity contribution in [2.45, 2.75) is 0 Å². The van der Waals surface area contributed by atoms with Crippen molar-refractivity contribution >= 4 is 21.8 Å². The van der Waals surface area contributed by atoms with Gasteiger partial charge in [-0.25, -0.2) is 4.98 Å². The van der Waals surface area contributed by atoms with E-state index >= 15 is 0 Å². The lowest BCUT2D eigenvalue weighted by atomic mass is 9.89. The van der Waals surface area contributed by atoms with Crippen LogP contribution in [0.4, 0.5) is 0 Å². The van der Waals surface area contributed by atoms with E-state index in [9.17, 15) is 0 Å². The average molecular weight is 627 g/mol. The van der Waals surface area contributed by atoms with Crippen molar-refractivity contribution in [2.24, 2.45) is 0 Å². The molecule has 4 nitrogen and oxygen atoms in total. The fourth-order valence-corrected chi connectivity index (χ4v) is 6.81. The van der Waals surface area contributed by atoms with Gasteiger partial charge in [-0.1, -0.05) is 164 Å².